The maximum atomic E-state index is 12.8. The van der Waals surface area contributed by atoms with Crippen molar-refractivity contribution in [2.24, 2.45) is 0 Å². The second kappa shape index (κ2) is 8.32. The fourth-order valence-electron chi connectivity index (χ4n) is 3.42. The number of carbonyl (C=O) groups is 2. The van der Waals surface area contributed by atoms with E-state index in [1.54, 1.807) is 43.5 Å². The van der Waals surface area contributed by atoms with Crippen molar-refractivity contribution in [1.29, 1.82) is 0 Å². The van der Waals surface area contributed by atoms with Gasteiger partial charge in [-0.2, -0.15) is 0 Å². The first-order valence-corrected chi connectivity index (χ1v) is 10.7. The standard InChI is InChI=1S/C21H22BrClN2O4/c1-21(2,3)29-20(28)24-16-6-4-13(23)10-15(16)12-8-14-5-7-17(18(26)11-22)25(14)19(27)9-12/h4,6,8-10,17H,5,7,11H2,1-3H3,(H,24,28). The Kier molecular flexibility index (Phi) is 6.19. The molecule has 1 amide bonds. The van der Waals surface area contributed by atoms with Gasteiger partial charge in [-0.05, 0) is 63.4 Å². The van der Waals surface area contributed by atoms with Crippen LogP contribution in [-0.4, -0.2) is 27.4 Å². The zero-order valence-corrected chi connectivity index (χ0v) is 18.8. The molecule has 2 aromatic rings. The Morgan fingerprint density at radius 1 is 1.28 bits per heavy atom. The lowest BCUT2D eigenvalue weighted by Gasteiger charge is -2.21. The summed E-state index contributed by atoms with van der Waals surface area (Å²) in [6.07, 6.45) is 0.630. The highest BCUT2D eigenvalue weighted by molar-refractivity contribution is 9.09. The van der Waals surface area contributed by atoms with Gasteiger partial charge in [-0.3, -0.25) is 14.9 Å². The minimum absolute atomic E-state index is 0.0198. The predicted molar refractivity (Wildman–Crippen MR) is 117 cm³/mol. The van der Waals surface area contributed by atoms with Gasteiger partial charge in [0.25, 0.3) is 5.56 Å². The molecule has 29 heavy (non-hydrogen) atoms. The average Bonchev–Trinajstić information content (AvgIpc) is 3.05. The number of pyridine rings is 1. The summed E-state index contributed by atoms with van der Waals surface area (Å²) >= 11 is 9.35. The van der Waals surface area contributed by atoms with E-state index in [0.29, 0.717) is 34.7 Å². The molecule has 0 radical (unpaired) electrons. The van der Waals surface area contributed by atoms with Crippen LogP contribution in [0.5, 0.6) is 0 Å². The molecule has 0 spiro atoms. The lowest BCUT2D eigenvalue weighted by molar-refractivity contribution is -0.119. The number of Topliss-reactive ketones (excluding diaryl/α,β-unsaturated/α-hetero) is 1. The molecule has 8 heteroatoms. The number of rotatable bonds is 4. The average molecular weight is 482 g/mol. The van der Waals surface area contributed by atoms with Crippen molar-refractivity contribution < 1.29 is 14.3 Å². The summed E-state index contributed by atoms with van der Waals surface area (Å²) in [6.45, 7) is 5.34. The Labute approximate surface area is 182 Å². The normalized spacial score (nSPS) is 15.7. The van der Waals surface area contributed by atoms with E-state index < -0.39 is 17.7 Å². The number of aryl methyl sites for hydroxylation is 1. The predicted octanol–water partition coefficient (Wildman–Crippen LogP) is 4.97. The topological polar surface area (TPSA) is 77.4 Å². The zero-order chi connectivity index (χ0) is 21.3. The number of nitrogens with zero attached hydrogens (tertiary/aromatic N) is 1. The Bertz CT molecular complexity index is 1030. The van der Waals surface area contributed by atoms with Gasteiger partial charge in [0, 0.05) is 22.3 Å². The van der Waals surface area contributed by atoms with Gasteiger partial charge in [0.05, 0.1) is 17.1 Å². The number of anilines is 1. The molecule has 2 heterocycles. The molecule has 1 aromatic carbocycles. The number of ketones is 1. The van der Waals surface area contributed by atoms with Gasteiger partial charge in [-0.25, -0.2) is 4.79 Å². The van der Waals surface area contributed by atoms with Gasteiger partial charge < -0.3 is 9.30 Å². The number of carbonyl (C=O) groups excluding carboxylic acids is 2. The summed E-state index contributed by atoms with van der Waals surface area (Å²) in [5, 5.41) is 3.41. The molecule has 0 fully saturated rings. The first-order chi connectivity index (χ1) is 13.6. The fraction of sp³-hybridized carbons (Fsp3) is 0.381. The molecule has 1 unspecified atom stereocenters. The van der Waals surface area contributed by atoms with Crippen molar-refractivity contribution in [3.63, 3.8) is 0 Å². The minimum Gasteiger partial charge on any atom is -0.444 e. The van der Waals surface area contributed by atoms with Crippen LogP contribution < -0.4 is 10.9 Å². The molecule has 1 aliphatic heterocycles. The highest BCUT2D eigenvalue weighted by Gasteiger charge is 2.29. The summed E-state index contributed by atoms with van der Waals surface area (Å²) < 4.78 is 6.88. The van der Waals surface area contributed by atoms with E-state index in [9.17, 15) is 14.4 Å². The number of fused-ring (bicyclic) bond motifs is 1. The van der Waals surface area contributed by atoms with Crippen LogP contribution in [0.1, 0.15) is 38.9 Å². The number of halogens is 2. The number of amides is 1. The number of nitrogens with one attached hydrogen (secondary N) is 1. The van der Waals surface area contributed by atoms with Crippen molar-refractivity contribution in [3.05, 3.63) is 51.4 Å². The van der Waals surface area contributed by atoms with Gasteiger partial charge >= 0.3 is 6.09 Å². The van der Waals surface area contributed by atoms with Crippen molar-refractivity contribution in [3.8, 4) is 11.1 Å². The van der Waals surface area contributed by atoms with Crippen LogP contribution in [0.3, 0.4) is 0 Å². The highest BCUT2D eigenvalue weighted by Crippen LogP contribution is 2.34. The van der Waals surface area contributed by atoms with E-state index in [1.807, 2.05) is 6.07 Å². The van der Waals surface area contributed by atoms with Crippen LogP contribution in [-0.2, 0) is 16.0 Å². The van der Waals surface area contributed by atoms with Crippen LogP contribution >= 0.6 is 27.5 Å². The third-order valence-electron chi connectivity index (χ3n) is 4.57. The van der Waals surface area contributed by atoms with E-state index >= 15 is 0 Å². The molecule has 0 aliphatic carbocycles. The van der Waals surface area contributed by atoms with E-state index in [0.717, 1.165) is 5.69 Å². The van der Waals surface area contributed by atoms with Crippen molar-refractivity contribution in [1.82, 2.24) is 4.57 Å². The second-order valence-corrected chi connectivity index (χ2v) is 8.91. The summed E-state index contributed by atoms with van der Waals surface area (Å²) in [5.41, 5.74) is 1.62. The first kappa shape index (κ1) is 21.6. The Balaban J connectivity index is 2.01. The summed E-state index contributed by atoms with van der Waals surface area (Å²) in [5.74, 6) is -0.0198. The molecule has 1 atom stereocenters. The number of ether oxygens (including phenoxy) is 1. The number of hydrogen-bond donors (Lipinski definition) is 1. The van der Waals surface area contributed by atoms with Crippen LogP contribution in [0.4, 0.5) is 10.5 Å². The van der Waals surface area contributed by atoms with Gasteiger partial charge in [-0.15, -0.1) is 0 Å². The van der Waals surface area contributed by atoms with Crippen LogP contribution in [0.2, 0.25) is 5.02 Å². The molecular formula is C21H22BrClN2O4. The Morgan fingerprint density at radius 2 is 2.00 bits per heavy atom. The van der Waals surface area contributed by atoms with E-state index in [2.05, 4.69) is 21.2 Å². The number of benzene rings is 1. The number of alkyl halides is 1. The van der Waals surface area contributed by atoms with Gasteiger partial charge in [-0.1, -0.05) is 27.5 Å². The fourth-order valence-corrected chi connectivity index (χ4v) is 3.97. The molecule has 3 rings (SSSR count). The number of hydrogen-bond acceptors (Lipinski definition) is 4. The summed E-state index contributed by atoms with van der Waals surface area (Å²) in [6, 6.07) is 7.91. The van der Waals surface area contributed by atoms with Crippen LogP contribution in [0.25, 0.3) is 11.1 Å². The molecule has 1 aliphatic rings. The molecule has 0 saturated heterocycles. The molecule has 6 nitrogen and oxygen atoms in total. The van der Waals surface area contributed by atoms with Crippen molar-refractivity contribution >= 4 is 45.1 Å². The van der Waals surface area contributed by atoms with Crippen LogP contribution in [0, 0.1) is 0 Å². The van der Waals surface area contributed by atoms with Gasteiger partial charge in [0.1, 0.15) is 5.60 Å². The second-order valence-electron chi connectivity index (χ2n) is 7.91. The summed E-state index contributed by atoms with van der Waals surface area (Å²) in [4.78, 5) is 37.2. The maximum Gasteiger partial charge on any atom is 0.412 e. The molecule has 1 aromatic heterocycles. The van der Waals surface area contributed by atoms with E-state index in [-0.39, 0.29) is 16.7 Å². The maximum absolute atomic E-state index is 12.8. The molecule has 0 bridgehead atoms. The Morgan fingerprint density at radius 3 is 2.66 bits per heavy atom. The van der Waals surface area contributed by atoms with E-state index in [1.165, 1.54) is 6.07 Å². The zero-order valence-electron chi connectivity index (χ0n) is 16.4. The number of aromatic nitrogens is 1. The Hall–Kier alpha value is -2.12. The van der Waals surface area contributed by atoms with E-state index in [4.69, 9.17) is 16.3 Å². The van der Waals surface area contributed by atoms with Crippen LogP contribution in [0.15, 0.2) is 35.1 Å². The minimum atomic E-state index is -0.639. The molecular weight excluding hydrogens is 460 g/mol. The monoisotopic (exact) mass is 480 g/mol. The quantitative estimate of drug-likeness (QED) is 0.626. The molecule has 0 saturated carbocycles. The third-order valence-corrected chi connectivity index (χ3v) is 5.35. The van der Waals surface area contributed by atoms with Gasteiger partial charge in [0.15, 0.2) is 5.78 Å². The summed E-state index contributed by atoms with van der Waals surface area (Å²) in [7, 11) is 0. The third kappa shape index (κ3) is 4.90. The van der Waals surface area contributed by atoms with Crippen molar-refractivity contribution in [2.75, 3.05) is 10.6 Å². The SMILES string of the molecule is CC(C)(C)OC(=O)Nc1ccc(Cl)cc1-c1cc2n(c(=O)c1)C(C(=O)CBr)CC2. The molecule has 1 N–H and O–H groups in total. The smallest absolute Gasteiger partial charge is 0.412 e. The molecule has 154 valence electrons. The van der Waals surface area contributed by atoms with Crippen molar-refractivity contribution in [2.45, 2.75) is 45.3 Å². The highest BCUT2D eigenvalue weighted by atomic mass is 79.9. The largest absolute Gasteiger partial charge is 0.444 e. The lowest BCUT2D eigenvalue weighted by Crippen LogP contribution is -2.28. The lowest BCUT2D eigenvalue weighted by atomic mass is 10.0. The van der Waals surface area contributed by atoms with Gasteiger partial charge in [0.2, 0.25) is 0 Å². The first-order valence-electron chi connectivity index (χ1n) is 9.23.